The Bertz CT molecular complexity index is 338. The number of rotatable bonds is 3. The molecule has 0 atom stereocenters. The molecule has 0 aliphatic rings. The number of nitriles is 1. The van der Waals surface area contributed by atoms with E-state index in [4.69, 9.17) is 15.7 Å². The predicted molar refractivity (Wildman–Crippen MR) is 52.9 cm³/mol. The Morgan fingerprint density at radius 3 is 2.79 bits per heavy atom. The summed E-state index contributed by atoms with van der Waals surface area (Å²) in [4.78, 5) is 0. The van der Waals surface area contributed by atoms with Gasteiger partial charge in [-0.25, -0.2) is 4.39 Å². The number of nitrogens with zero attached hydrogens (tertiary/aromatic N) is 1. The van der Waals surface area contributed by atoms with Gasteiger partial charge in [-0.3, -0.25) is 0 Å². The number of hydrogen-bond donors (Lipinski definition) is 1. The Labute approximate surface area is 87.7 Å². The number of benzene rings is 1. The molecule has 2 N–H and O–H groups in total. The molecule has 0 amide bonds. The Hall–Kier alpha value is -1.31. The third-order valence-electron chi connectivity index (χ3n) is 1.44. The van der Waals surface area contributed by atoms with Gasteiger partial charge in [-0.1, -0.05) is 0 Å². The standard InChI is InChI=1S/C9H9FN2O.ClH/c10-8-2-1-7(6-12)9(5-8)13-4-3-11;/h1-2,5H,3-4,11H2;1H. The molecule has 0 heterocycles. The molecule has 0 aliphatic carbocycles. The molecule has 0 spiro atoms. The van der Waals surface area contributed by atoms with Crippen molar-refractivity contribution in [2.45, 2.75) is 0 Å². The van der Waals surface area contributed by atoms with E-state index >= 15 is 0 Å². The molecule has 14 heavy (non-hydrogen) atoms. The average Bonchev–Trinajstić information content (AvgIpc) is 2.15. The highest BCUT2D eigenvalue weighted by atomic mass is 35.5. The first-order chi connectivity index (χ1) is 6.27. The molecule has 3 nitrogen and oxygen atoms in total. The SMILES string of the molecule is Cl.N#Cc1ccc(F)cc1OCCN. The van der Waals surface area contributed by atoms with Crippen LogP contribution in [0.3, 0.4) is 0 Å². The van der Waals surface area contributed by atoms with Gasteiger partial charge in [0.25, 0.3) is 0 Å². The van der Waals surface area contributed by atoms with Crippen LogP contribution in [0, 0.1) is 17.1 Å². The zero-order valence-corrected chi connectivity index (χ0v) is 8.18. The van der Waals surface area contributed by atoms with Gasteiger partial charge >= 0.3 is 0 Å². The van der Waals surface area contributed by atoms with Crippen molar-refractivity contribution in [2.24, 2.45) is 5.73 Å². The Morgan fingerprint density at radius 2 is 2.21 bits per heavy atom. The van der Waals surface area contributed by atoms with Gasteiger partial charge in [0.1, 0.15) is 24.2 Å². The van der Waals surface area contributed by atoms with E-state index in [-0.39, 0.29) is 24.8 Å². The maximum absolute atomic E-state index is 12.7. The second-order valence-corrected chi connectivity index (χ2v) is 2.39. The largest absolute Gasteiger partial charge is 0.491 e. The van der Waals surface area contributed by atoms with E-state index in [9.17, 15) is 4.39 Å². The lowest BCUT2D eigenvalue weighted by molar-refractivity contribution is 0.325. The van der Waals surface area contributed by atoms with Crippen LogP contribution < -0.4 is 10.5 Å². The Morgan fingerprint density at radius 1 is 1.50 bits per heavy atom. The second-order valence-electron chi connectivity index (χ2n) is 2.39. The van der Waals surface area contributed by atoms with Crippen LogP contribution in [-0.2, 0) is 0 Å². The molecule has 1 aromatic carbocycles. The lowest BCUT2D eigenvalue weighted by atomic mass is 10.2. The summed E-state index contributed by atoms with van der Waals surface area (Å²) in [6.45, 7) is 0.611. The summed E-state index contributed by atoms with van der Waals surface area (Å²) >= 11 is 0. The average molecular weight is 217 g/mol. The van der Waals surface area contributed by atoms with Crippen LogP contribution in [0.25, 0.3) is 0 Å². The van der Waals surface area contributed by atoms with Crippen LogP contribution in [0.15, 0.2) is 18.2 Å². The highest BCUT2D eigenvalue weighted by Crippen LogP contribution is 2.18. The van der Waals surface area contributed by atoms with Gasteiger partial charge in [0.2, 0.25) is 0 Å². The Balaban J connectivity index is 0.00000169. The molecule has 0 saturated carbocycles. The number of ether oxygens (including phenoxy) is 1. The van der Waals surface area contributed by atoms with Crippen molar-refractivity contribution in [3.63, 3.8) is 0 Å². The van der Waals surface area contributed by atoms with Crippen LogP contribution in [-0.4, -0.2) is 13.2 Å². The van der Waals surface area contributed by atoms with Gasteiger partial charge in [-0.05, 0) is 12.1 Å². The minimum absolute atomic E-state index is 0. The van der Waals surface area contributed by atoms with Crippen LogP contribution in [0.1, 0.15) is 5.56 Å². The van der Waals surface area contributed by atoms with Crippen molar-refractivity contribution in [3.05, 3.63) is 29.6 Å². The fraction of sp³-hybridized carbons (Fsp3) is 0.222. The minimum atomic E-state index is -0.425. The molecule has 76 valence electrons. The van der Waals surface area contributed by atoms with Crippen LogP contribution >= 0.6 is 12.4 Å². The maximum Gasteiger partial charge on any atom is 0.140 e. The lowest BCUT2D eigenvalue weighted by Crippen LogP contribution is -2.11. The van der Waals surface area contributed by atoms with Crippen molar-refractivity contribution < 1.29 is 9.13 Å². The van der Waals surface area contributed by atoms with Gasteiger partial charge < -0.3 is 10.5 Å². The number of nitrogens with two attached hydrogens (primary N) is 1. The number of halogens is 2. The molecule has 1 aromatic rings. The highest BCUT2D eigenvalue weighted by Gasteiger charge is 2.03. The highest BCUT2D eigenvalue weighted by molar-refractivity contribution is 5.85. The monoisotopic (exact) mass is 216 g/mol. The van der Waals surface area contributed by atoms with Gasteiger partial charge in [0, 0.05) is 12.6 Å². The molecule has 0 radical (unpaired) electrons. The van der Waals surface area contributed by atoms with Crippen LogP contribution in [0.2, 0.25) is 0 Å². The zero-order chi connectivity index (χ0) is 9.68. The molecule has 0 fully saturated rings. The van der Waals surface area contributed by atoms with E-state index in [0.717, 1.165) is 0 Å². The summed E-state index contributed by atoms with van der Waals surface area (Å²) in [5.74, 6) is -0.182. The molecular formula is C9H10ClFN2O. The smallest absolute Gasteiger partial charge is 0.140 e. The van der Waals surface area contributed by atoms with Crippen molar-refractivity contribution in [2.75, 3.05) is 13.2 Å². The zero-order valence-electron chi connectivity index (χ0n) is 7.37. The van der Waals surface area contributed by atoms with Gasteiger partial charge in [-0.15, -0.1) is 12.4 Å². The van der Waals surface area contributed by atoms with E-state index in [1.807, 2.05) is 6.07 Å². The summed E-state index contributed by atoms with van der Waals surface area (Å²) in [7, 11) is 0. The van der Waals surface area contributed by atoms with E-state index in [1.54, 1.807) is 0 Å². The quantitative estimate of drug-likeness (QED) is 0.832. The summed E-state index contributed by atoms with van der Waals surface area (Å²) in [5.41, 5.74) is 5.52. The Kier molecular flexibility index (Phi) is 5.61. The summed E-state index contributed by atoms with van der Waals surface area (Å²) in [6, 6.07) is 5.67. The molecule has 0 aliphatic heterocycles. The van der Waals surface area contributed by atoms with Gasteiger partial charge in [-0.2, -0.15) is 5.26 Å². The molecule has 0 unspecified atom stereocenters. The molecule has 1 rings (SSSR count). The van der Waals surface area contributed by atoms with Crippen molar-refractivity contribution in [3.8, 4) is 11.8 Å². The summed E-state index contributed by atoms with van der Waals surface area (Å²) in [6.07, 6.45) is 0. The third kappa shape index (κ3) is 3.21. The summed E-state index contributed by atoms with van der Waals surface area (Å²) in [5, 5.41) is 8.62. The van der Waals surface area contributed by atoms with Crippen molar-refractivity contribution in [1.29, 1.82) is 5.26 Å². The molecule has 0 aromatic heterocycles. The van der Waals surface area contributed by atoms with E-state index in [1.165, 1.54) is 18.2 Å². The molecular weight excluding hydrogens is 207 g/mol. The molecule has 0 bridgehead atoms. The number of hydrogen-bond acceptors (Lipinski definition) is 3. The van der Waals surface area contributed by atoms with E-state index in [0.29, 0.717) is 12.1 Å². The third-order valence-corrected chi connectivity index (χ3v) is 1.44. The lowest BCUT2D eigenvalue weighted by Gasteiger charge is -2.05. The maximum atomic E-state index is 12.7. The normalized spacial score (nSPS) is 8.64. The second kappa shape index (κ2) is 6.19. The van der Waals surface area contributed by atoms with Crippen molar-refractivity contribution in [1.82, 2.24) is 0 Å². The van der Waals surface area contributed by atoms with Crippen LogP contribution in [0.4, 0.5) is 4.39 Å². The van der Waals surface area contributed by atoms with E-state index < -0.39 is 5.82 Å². The van der Waals surface area contributed by atoms with Gasteiger partial charge in [0.05, 0.1) is 5.56 Å². The van der Waals surface area contributed by atoms with E-state index in [2.05, 4.69) is 0 Å². The molecule has 5 heteroatoms. The first-order valence-corrected chi connectivity index (χ1v) is 3.80. The predicted octanol–water partition coefficient (Wildman–Crippen LogP) is 1.46. The van der Waals surface area contributed by atoms with Gasteiger partial charge in [0.15, 0.2) is 0 Å². The fourth-order valence-electron chi connectivity index (χ4n) is 0.877. The molecule has 0 saturated heterocycles. The topological polar surface area (TPSA) is 59.0 Å². The minimum Gasteiger partial charge on any atom is -0.491 e. The first kappa shape index (κ1) is 12.7. The summed E-state index contributed by atoms with van der Waals surface area (Å²) < 4.78 is 17.8. The van der Waals surface area contributed by atoms with Crippen LogP contribution in [0.5, 0.6) is 5.75 Å². The fourth-order valence-corrected chi connectivity index (χ4v) is 0.877. The first-order valence-electron chi connectivity index (χ1n) is 3.80. The van der Waals surface area contributed by atoms with Crippen molar-refractivity contribution >= 4 is 12.4 Å².